The lowest BCUT2D eigenvalue weighted by Gasteiger charge is -2.25. The number of benzene rings is 5. The van der Waals surface area contributed by atoms with Crippen LogP contribution in [0.4, 0.5) is 22.7 Å². The number of rotatable bonds is 9. The van der Waals surface area contributed by atoms with Crippen LogP contribution < -0.4 is 15.5 Å². The number of para-hydroxylation sites is 2. The molecule has 0 saturated heterocycles. The van der Waals surface area contributed by atoms with Gasteiger partial charge in [-0.15, -0.1) is 11.8 Å². The number of hydrogen-bond donors (Lipinski definition) is 2. The number of nitro groups is 1. The fourth-order valence-electron chi connectivity index (χ4n) is 5.42. The van der Waals surface area contributed by atoms with Crippen LogP contribution in [0.2, 0.25) is 0 Å². The van der Waals surface area contributed by atoms with Gasteiger partial charge in [-0.3, -0.25) is 29.4 Å². The Morgan fingerprint density at radius 3 is 2.04 bits per heavy atom. The van der Waals surface area contributed by atoms with Crippen LogP contribution in [0.3, 0.4) is 0 Å². The summed E-state index contributed by atoms with van der Waals surface area (Å²) in [5.41, 5.74) is 5.18. The average molecular weight is 655 g/mol. The molecule has 0 spiro atoms. The molecule has 3 amide bonds. The van der Waals surface area contributed by atoms with E-state index in [1.807, 2.05) is 42.5 Å². The number of nitrogens with one attached hydrogen (secondary N) is 2. The smallest absolute Gasteiger partial charge is 0.272 e. The van der Waals surface area contributed by atoms with Gasteiger partial charge in [0.1, 0.15) is 5.70 Å². The molecule has 0 aliphatic carbocycles. The quantitative estimate of drug-likeness (QED) is 0.0732. The van der Waals surface area contributed by atoms with E-state index in [9.17, 15) is 24.5 Å². The van der Waals surface area contributed by atoms with Crippen molar-refractivity contribution in [1.29, 1.82) is 0 Å². The van der Waals surface area contributed by atoms with E-state index in [0.717, 1.165) is 40.2 Å². The average Bonchev–Trinajstić information content (AvgIpc) is 3.28. The number of fused-ring (bicyclic) bond motifs is 2. The highest BCUT2D eigenvalue weighted by Crippen LogP contribution is 2.37. The van der Waals surface area contributed by atoms with Gasteiger partial charge in [0.05, 0.1) is 22.1 Å². The summed E-state index contributed by atoms with van der Waals surface area (Å²) < 4.78 is 0. The van der Waals surface area contributed by atoms with Crippen molar-refractivity contribution >= 4 is 58.3 Å². The van der Waals surface area contributed by atoms with Crippen LogP contribution in [0, 0.1) is 10.1 Å². The number of carbonyl (C=O) groups excluding carboxylic acids is 3. The molecule has 48 heavy (non-hydrogen) atoms. The molecule has 0 radical (unpaired) electrons. The fourth-order valence-corrected chi connectivity index (χ4v) is 6.23. The van der Waals surface area contributed by atoms with Crippen molar-refractivity contribution in [1.82, 2.24) is 5.32 Å². The molecule has 0 aromatic heterocycles. The molecule has 238 valence electrons. The number of nitrogens with zero attached hydrogens (tertiary/aromatic N) is 2. The normalized spacial score (nSPS) is 12.2. The molecule has 10 heteroatoms. The maximum Gasteiger partial charge on any atom is 0.272 e. The second-order valence-electron chi connectivity index (χ2n) is 11.0. The minimum atomic E-state index is -0.589. The van der Waals surface area contributed by atoms with E-state index in [0.29, 0.717) is 16.8 Å². The number of anilines is 3. The van der Waals surface area contributed by atoms with Crippen LogP contribution in [0.5, 0.6) is 0 Å². The molecule has 0 fully saturated rings. The summed E-state index contributed by atoms with van der Waals surface area (Å²) in [5, 5.41) is 16.6. The Labute approximate surface area is 281 Å². The number of carbonyl (C=O) groups is 3. The number of thioether (sulfide) groups is 1. The molecule has 6 rings (SSSR count). The fraction of sp³-hybridized carbons (Fsp3) is 0.0789. The number of hydrogen-bond acceptors (Lipinski definition) is 6. The van der Waals surface area contributed by atoms with Crippen molar-refractivity contribution in [3.05, 3.63) is 165 Å². The molecule has 1 heterocycles. The van der Waals surface area contributed by atoms with E-state index in [-0.39, 0.29) is 23.0 Å². The number of amides is 3. The van der Waals surface area contributed by atoms with Crippen molar-refractivity contribution in [3.63, 3.8) is 0 Å². The van der Waals surface area contributed by atoms with E-state index in [1.165, 1.54) is 42.1 Å². The first-order valence-corrected chi connectivity index (χ1v) is 16.2. The molecule has 2 N–H and O–H groups in total. The van der Waals surface area contributed by atoms with Gasteiger partial charge in [-0.05, 0) is 90.2 Å². The zero-order chi connectivity index (χ0) is 33.5. The lowest BCUT2D eigenvalue weighted by atomic mass is 10.0. The van der Waals surface area contributed by atoms with Gasteiger partial charge in [0.25, 0.3) is 17.5 Å². The molecule has 0 atom stereocenters. The van der Waals surface area contributed by atoms with Gasteiger partial charge in [0, 0.05) is 28.3 Å². The summed E-state index contributed by atoms with van der Waals surface area (Å²) >= 11 is 1.36. The molecule has 0 unspecified atom stereocenters. The topological polar surface area (TPSA) is 122 Å². The second kappa shape index (κ2) is 14.6. The molecule has 5 aromatic rings. The van der Waals surface area contributed by atoms with Gasteiger partial charge in [0.2, 0.25) is 5.91 Å². The molecule has 1 aliphatic rings. The highest BCUT2D eigenvalue weighted by atomic mass is 32.2. The molecular formula is C38H30N4O5S. The number of non-ortho nitro benzene ring substituents is 1. The SMILES string of the molecule is O=C(Nc1cccc(SCC(=O)N2c3ccccc3CCc3ccccc32)c1)/C(=C/c1ccc([N+](=O)[O-])cc1)NC(=O)c1ccccc1. The first-order chi connectivity index (χ1) is 23.4. The molecule has 0 bridgehead atoms. The van der Waals surface area contributed by atoms with Gasteiger partial charge >= 0.3 is 0 Å². The van der Waals surface area contributed by atoms with E-state index < -0.39 is 16.7 Å². The van der Waals surface area contributed by atoms with E-state index in [1.54, 1.807) is 53.4 Å². The maximum atomic E-state index is 13.8. The third kappa shape index (κ3) is 7.51. The van der Waals surface area contributed by atoms with Crippen LogP contribution in [-0.2, 0) is 22.4 Å². The molecule has 9 nitrogen and oxygen atoms in total. The summed E-state index contributed by atoms with van der Waals surface area (Å²) in [5.74, 6) is -0.974. The van der Waals surface area contributed by atoms with Crippen molar-refractivity contribution in [2.45, 2.75) is 17.7 Å². The Hall–Kier alpha value is -6.00. The summed E-state index contributed by atoms with van der Waals surface area (Å²) in [6, 6.07) is 37.2. The monoisotopic (exact) mass is 654 g/mol. The largest absolute Gasteiger partial charge is 0.321 e. The van der Waals surface area contributed by atoms with Crippen molar-refractivity contribution in [2.24, 2.45) is 0 Å². The number of aryl methyl sites for hydroxylation is 2. The highest BCUT2D eigenvalue weighted by Gasteiger charge is 2.25. The summed E-state index contributed by atoms with van der Waals surface area (Å²) in [4.78, 5) is 53.5. The predicted octanol–water partition coefficient (Wildman–Crippen LogP) is 7.56. The van der Waals surface area contributed by atoms with Crippen LogP contribution >= 0.6 is 11.8 Å². The Morgan fingerprint density at radius 2 is 1.40 bits per heavy atom. The maximum absolute atomic E-state index is 13.8. The predicted molar refractivity (Wildman–Crippen MR) is 188 cm³/mol. The third-order valence-corrected chi connectivity index (χ3v) is 8.75. The summed E-state index contributed by atoms with van der Waals surface area (Å²) in [7, 11) is 0. The van der Waals surface area contributed by atoms with Crippen LogP contribution in [-0.4, -0.2) is 28.4 Å². The van der Waals surface area contributed by atoms with E-state index in [4.69, 9.17) is 0 Å². The van der Waals surface area contributed by atoms with Gasteiger partial charge in [0.15, 0.2) is 0 Å². The lowest BCUT2D eigenvalue weighted by Crippen LogP contribution is -2.30. The molecular weight excluding hydrogens is 625 g/mol. The standard InChI is InChI=1S/C38H30N4O5S/c43-36(41-34-15-6-4-9-27(34)19-20-28-10-5-7-16-35(28)41)25-48-32-14-8-13-30(24-32)39-38(45)33(40-37(44)29-11-2-1-3-12-29)23-26-17-21-31(22-18-26)42(46)47/h1-18,21-24H,19-20,25H2,(H,39,45)(H,40,44)/b33-23-. The van der Waals surface area contributed by atoms with Crippen molar-refractivity contribution in [2.75, 3.05) is 16.0 Å². The lowest BCUT2D eigenvalue weighted by molar-refractivity contribution is -0.384. The Balaban J connectivity index is 1.19. The number of nitro benzene ring substituents is 1. The minimum Gasteiger partial charge on any atom is -0.321 e. The highest BCUT2D eigenvalue weighted by molar-refractivity contribution is 8.00. The minimum absolute atomic E-state index is 0.0514. The van der Waals surface area contributed by atoms with Gasteiger partial charge in [-0.1, -0.05) is 60.7 Å². The Bertz CT molecular complexity index is 1980. The van der Waals surface area contributed by atoms with Crippen LogP contribution in [0.1, 0.15) is 27.0 Å². The summed E-state index contributed by atoms with van der Waals surface area (Å²) in [6.45, 7) is 0. The van der Waals surface area contributed by atoms with Gasteiger partial charge < -0.3 is 10.6 Å². The third-order valence-electron chi connectivity index (χ3n) is 7.78. The molecule has 5 aromatic carbocycles. The zero-order valence-corrected chi connectivity index (χ0v) is 26.5. The first kappa shape index (κ1) is 32.0. The molecule has 0 saturated carbocycles. The van der Waals surface area contributed by atoms with E-state index >= 15 is 0 Å². The first-order valence-electron chi connectivity index (χ1n) is 15.2. The molecule has 1 aliphatic heterocycles. The van der Waals surface area contributed by atoms with E-state index in [2.05, 4.69) is 22.8 Å². The van der Waals surface area contributed by atoms with Crippen molar-refractivity contribution in [3.8, 4) is 0 Å². The second-order valence-corrected chi connectivity index (χ2v) is 12.0. The van der Waals surface area contributed by atoms with Crippen molar-refractivity contribution < 1.29 is 19.3 Å². The van der Waals surface area contributed by atoms with Crippen LogP contribution in [0.25, 0.3) is 6.08 Å². The van der Waals surface area contributed by atoms with Gasteiger partial charge in [-0.25, -0.2) is 0 Å². The van der Waals surface area contributed by atoms with Crippen LogP contribution in [0.15, 0.2) is 138 Å². The Kier molecular flexibility index (Phi) is 9.73. The Morgan fingerprint density at radius 1 is 0.771 bits per heavy atom. The zero-order valence-electron chi connectivity index (χ0n) is 25.7. The van der Waals surface area contributed by atoms with Gasteiger partial charge in [-0.2, -0.15) is 0 Å². The summed E-state index contributed by atoms with van der Waals surface area (Å²) in [6.07, 6.45) is 3.14.